The van der Waals surface area contributed by atoms with Crippen LogP contribution in [0.1, 0.15) is 24.9 Å². The predicted octanol–water partition coefficient (Wildman–Crippen LogP) is 5.11. The van der Waals surface area contributed by atoms with Crippen LogP contribution in [0.4, 0.5) is 19.1 Å². The summed E-state index contributed by atoms with van der Waals surface area (Å²) in [5.41, 5.74) is 7.37. The summed E-state index contributed by atoms with van der Waals surface area (Å²) in [6, 6.07) is 6.25. The lowest BCUT2D eigenvalue weighted by Crippen LogP contribution is -2.50. The Labute approximate surface area is 176 Å². The number of alkyl halides is 1. The summed E-state index contributed by atoms with van der Waals surface area (Å²) in [4.78, 5) is 6.37. The van der Waals surface area contributed by atoms with Crippen molar-refractivity contribution in [3.63, 3.8) is 0 Å². The molecule has 0 spiro atoms. The summed E-state index contributed by atoms with van der Waals surface area (Å²) in [5, 5.41) is 0.935. The zero-order valence-electron chi connectivity index (χ0n) is 15.5. The number of benzene rings is 2. The van der Waals surface area contributed by atoms with E-state index in [4.69, 9.17) is 28.9 Å². The lowest BCUT2D eigenvalue weighted by atomic mass is 10.0. The lowest BCUT2D eigenvalue weighted by Gasteiger charge is -2.35. The average Bonchev–Trinajstić information content (AvgIpc) is 3.02. The summed E-state index contributed by atoms with van der Waals surface area (Å²) in [7, 11) is 0. The van der Waals surface area contributed by atoms with Gasteiger partial charge in [-0.1, -0.05) is 29.3 Å². The van der Waals surface area contributed by atoms with Gasteiger partial charge in [0.25, 0.3) is 0 Å². The largest absolute Gasteiger partial charge is 0.340 e. The molecule has 1 aliphatic heterocycles. The van der Waals surface area contributed by atoms with Crippen LogP contribution in [0.15, 0.2) is 30.3 Å². The molecule has 2 N–H and O–H groups in total. The van der Waals surface area contributed by atoms with Crippen LogP contribution in [-0.2, 0) is 0 Å². The minimum atomic E-state index is -1.10. The van der Waals surface area contributed by atoms with Gasteiger partial charge < -0.3 is 15.2 Å². The van der Waals surface area contributed by atoms with Crippen molar-refractivity contribution in [3.8, 4) is 0 Å². The molecule has 29 heavy (non-hydrogen) atoms. The number of hydrogen-bond donors (Lipinski definition) is 1. The van der Waals surface area contributed by atoms with E-state index in [9.17, 15) is 13.2 Å². The van der Waals surface area contributed by atoms with Gasteiger partial charge in [-0.15, -0.1) is 0 Å². The first-order valence-corrected chi connectivity index (χ1v) is 9.98. The smallest absolute Gasteiger partial charge is 0.207 e. The molecule has 3 atom stereocenters. The first-order valence-electron chi connectivity index (χ1n) is 9.22. The molecule has 2 aromatic carbocycles. The molecule has 0 radical (unpaired) electrons. The monoisotopic (exact) mass is 442 g/mol. The zero-order chi connectivity index (χ0) is 20.9. The van der Waals surface area contributed by atoms with Crippen molar-refractivity contribution >= 4 is 40.2 Å². The maximum Gasteiger partial charge on any atom is 0.207 e. The Morgan fingerprint density at radius 2 is 1.90 bits per heavy atom. The third kappa shape index (κ3) is 3.67. The summed E-state index contributed by atoms with van der Waals surface area (Å²) >= 11 is 12.4. The van der Waals surface area contributed by atoms with Gasteiger partial charge in [-0.25, -0.2) is 18.2 Å². The molecule has 1 aliphatic rings. The molecule has 4 rings (SSSR count). The second-order valence-corrected chi connectivity index (χ2v) is 8.14. The second kappa shape index (κ2) is 7.70. The number of rotatable bonds is 3. The first kappa shape index (κ1) is 20.3. The third-order valence-electron chi connectivity index (χ3n) is 5.37. The molecule has 0 aliphatic carbocycles. The van der Waals surface area contributed by atoms with E-state index in [2.05, 4.69) is 4.98 Å². The van der Waals surface area contributed by atoms with Gasteiger partial charge in [0.15, 0.2) is 11.6 Å². The van der Waals surface area contributed by atoms with Crippen molar-refractivity contribution in [1.82, 2.24) is 9.55 Å². The van der Waals surface area contributed by atoms with Gasteiger partial charge in [-0.05, 0) is 31.0 Å². The molecule has 3 aromatic rings. The number of halogens is 5. The van der Waals surface area contributed by atoms with Gasteiger partial charge in [0.2, 0.25) is 5.95 Å². The maximum absolute atomic E-state index is 14.0. The first-order chi connectivity index (χ1) is 13.8. The normalized spacial score (nSPS) is 21.0. The van der Waals surface area contributed by atoms with Crippen molar-refractivity contribution in [1.29, 1.82) is 0 Å². The van der Waals surface area contributed by atoms with Crippen molar-refractivity contribution in [2.45, 2.75) is 31.6 Å². The minimum absolute atomic E-state index is 0.247. The fourth-order valence-electron chi connectivity index (χ4n) is 3.80. The van der Waals surface area contributed by atoms with E-state index in [1.165, 1.54) is 0 Å². The topological polar surface area (TPSA) is 47.1 Å². The van der Waals surface area contributed by atoms with Gasteiger partial charge in [-0.3, -0.25) is 0 Å². The summed E-state index contributed by atoms with van der Waals surface area (Å²) < 4.78 is 43.5. The molecule has 0 unspecified atom stereocenters. The standard InChI is InChI=1S/C20H19Cl2F3N4/c1-10(12-3-2-11(21)6-13(12)22)29-19-8-16(25)15(24)7-18(19)27-20(29)28-5-4-14(23)17(26)9-28/h2-3,6-8,10,14,17H,4-5,9,26H2,1H3/t10-,14-,17-/m1/s1. The summed E-state index contributed by atoms with van der Waals surface area (Å²) in [5.74, 6) is -1.49. The summed E-state index contributed by atoms with van der Waals surface area (Å²) in [6.07, 6.45) is -0.842. The highest BCUT2D eigenvalue weighted by Crippen LogP contribution is 2.36. The highest BCUT2D eigenvalue weighted by Gasteiger charge is 2.31. The van der Waals surface area contributed by atoms with Crippen LogP contribution < -0.4 is 10.6 Å². The van der Waals surface area contributed by atoms with E-state index in [0.29, 0.717) is 33.6 Å². The van der Waals surface area contributed by atoms with Gasteiger partial charge in [0.05, 0.1) is 23.1 Å². The Morgan fingerprint density at radius 1 is 1.17 bits per heavy atom. The second-order valence-electron chi connectivity index (χ2n) is 7.29. The lowest BCUT2D eigenvalue weighted by molar-refractivity contribution is 0.243. The Hall–Kier alpha value is -1.96. The van der Waals surface area contributed by atoms with Crippen molar-refractivity contribution < 1.29 is 13.2 Å². The number of fused-ring (bicyclic) bond motifs is 1. The quantitative estimate of drug-likeness (QED) is 0.613. The van der Waals surface area contributed by atoms with Crippen LogP contribution in [0.25, 0.3) is 11.0 Å². The average molecular weight is 443 g/mol. The van der Waals surface area contributed by atoms with E-state index in [-0.39, 0.29) is 19.0 Å². The van der Waals surface area contributed by atoms with Crippen molar-refractivity contribution in [3.05, 3.63) is 57.6 Å². The third-order valence-corrected chi connectivity index (χ3v) is 5.93. The van der Waals surface area contributed by atoms with E-state index >= 15 is 0 Å². The predicted molar refractivity (Wildman–Crippen MR) is 110 cm³/mol. The van der Waals surface area contributed by atoms with Crippen LogP contribution >= 0.6 is 23.2 Å². The molecule has 1 fully saturated rings. The van der Waals surface area contributed by atoms with Gasteiger partial charge in [0.1, 0.15) is 6.17 Å². The molecule has 9 heteroatoms. The number of nitrogens with two attached hydrogens (primary N) is 1. The number of imidazole rings is 1. The molecule has 154 valence electrons. The number of hydrogen-bond acceptors (Lipinski definition) is 3. The molecule has 0 saturated carbocycles. The minimum Gasteiger partial charge on any atom is -0.340 e. The van der Waals surface area contributed by atoms with E-state index in [1.807, 2.05) is 11.8 Å². The Balaban J connectivity index is 1.89. The Morgan fingerprint density at radius 3 is 2.59 bits per heavy atom. The fraction of sp³-hybridized carbons (Fsp3) is 0.350. The molecule has 1 saturated heterocycles. The van der Waals surface area contributed by atoms with Crippen LogP contribution in [0.3, 0.4) is 0 Å². The van der Waals surface area contributed by atoms with Gasteiger partial charge in [-0.2, -0.15) is 0 Å². The van der Waals surface area contributed by atoms with E-state index < -0.39 is 23.8 Å². The zero-order valence-corrected chi connectivity index (χ0v) is 17.1. The van der Waals surface area contributed by atoms with Crippen LogP contribution in [-0.4, -0.2) is 34.9 Å². The Bertz CT molecular complexity index is 1070. The number of nitrogens with zero attached hydrogens (tertiary/aromatic N) is 3. The SMILES string of the molecule is C[C@H](c1ccc(Cl)cc1Cl)n1c(N2CC[C@@H](F)[C@H](N)C2)nc2cc(F)c(F)cc21. The van der Waals surface area contributed by atoms with Crippen molar-refractivity contribution in [2.24, 2.45) is 5.73 Å². The van der Waals surface area contributed by atoms with Gasteiger partial charge >= 0.3 is 0 Å². The van der Waals surface area contributed by atoms with Crippen LogP contribution in [0.2, 0.25) is 10.0 Å². The molecule has 1 aromatic heterocycles. The molecule has 0 amide bonds. The van der Waals surface area contributed by atoms with Gasteiger partial charge in [0, 0.05) is 35.3 Å². The number of aromatic nitrogens is 2. The number of piperidine rings is 1. The van der Waals surface area contributed by atoms with Crippen LogP contribution in [0.5, 0.6) is 0 Å². The maximum atomic E-state index is 14.0. The van der Waals surface area contributed by atoms with E-state index in [0.717, 1.165) is 17.7 Å². The molecular formula is C20H19Cl2F3N4. The molecule has 0 bridgehead atoms. The highest BCUT2D eigenvalue weighted by atomic mass is 35.5. The highest BCUT2D eigenvalue weighted by molar-refractivity contribution is 6.35. The Kier molecular flexibility index (Phi) is 5.40. The summed E-state index contributed by atoms with van der Waals surface area (Å²) in [6.45, 7) is 2.52. The fourth-order valence-corrected chi connectivity index (χ4v) is 4.36. The van der Waals surface area contributed by atoms with Crippen LogP contribution in [0, 0.1) is 11.6 Å². The van der Waals surface area contributed by atoms with E-state index in [1.54, 1.807) is 22.8 Å². The molecule has 2 heterocycles. The van der Waals surface area contributed by atoms with Crippen molar-refractivity contribution in [2.75, 3.05) is 18.0 Å². The molecular weight excluding hydrogens is 424 g/mol. The molecule has 4 nitrogen and oxygen atoms in total. The number of anilines is 1.